The molecule has 0 saturated carbocycles. The third-order valence-corrected chi connectivity index (χ3v) is 7.74. The summed E-state index contributed by atoms with van der Waals surface area (Å²) in [5.41, 5.74) is 0. The molecule has 0 bridgehead atoms. The van der Waals surface area contributed by atoms with E-state index in [0.717, 1.165) is 38.7 Å². The summed E-state index contributed by atoms with van der Waals surface area (Å²) >= 11 is 0. The fraction of sp³-hybridized carbons (Fsp3) is 1.00. The Hall–Kier alpha value is -0.210. The van der Waals surface area contributed by atoms with E-state index in [2.05, 4.69) is 22.0 Å². The van der Waals surface area contributed by atoms with E-state index in [-0.39, 0.29) is 0 Å². The molecule has 146 valence electrons. The third kappa shape index (κ3) is 6.17. The molecule has 0 spiro atoms. The van der Waals surface area contributed by atoms with Crippen LogP contribution in [0.3, 0.4) is 0 Å². The molecule has 3 atom stereocenters. The molecule has 0 aromatic heterocycles. The number of nitrogens with one attached hydrogen (secondary N) is 1. The number of likely N-dealkylation sites (N-methyl/N-ethyl adjacent to an activating group) is 1. The summed E-state index contributed by atoms with van der Waals surface area (Å²) in [6, 6.07) is 0.663. The molecule has 0 aliphatic carbocycles. The van der Waals surface area contributed by atoms with E-state index >= 15 is 0 Å². The van der Waals surface area contributed by atoms with Crippen molar-refractivity contribution in [2.24, 2.45) is 5.92 Å². The summed E-state index contributed by atoms with van der Waals surface area (Å²) in [7, 11) is -2.77. The highest BCUT2D eigenvalue weighted by atomic mass is 32.2. The molecular formula is C18H35N3O3S. The second-order valence-electron chi connectivity index (χ2n) is 7.97. The van der Waals surface area contributed by atoms with Gasteiger partial charge in [0.1, 0.15) is 0 Å². The zero-order valence-corrected chi connectivity index (χ0v) is 16.5. The van der Waals surface area contributed by atoms with E-state index < -0.39 is 9.84 Å². The van der Waals surface area contributed by atoms with Crippen LogP contribution >= 0.6 is 0 Å². The van der Waals surface area contributed by atoms with Gasteiger partial charge in [-0.1, -0.05) is 6.92 Å². The van der Waals surface area contributed by atoms with Crippen molar-refractivity contribution in [1.29, 1.82) is 0 Å². The summed E-state index contributed by atoms with van der Waals surface area (Å²) in [6.07, 6.45) is 6.36. The number of rotatable bonds is 7. The minimum absolute atomic E-state index is 0.324. The maximum atomic E-state index is 11.5. The molecule has 3 saturated heterocycles. The summed E-state index contributed by atoms with van der Waals surface area (Å²) in [4.78, 5) is 4.76. The number of nitrogens with zero attached hydrogens (tertiary/aromatic N) is 2. The molecule has 0 aromatic rings. The van der Waals surface area contributed by atoms with Gasteiger partial charge < -0.3 is 15.0 Å². The van der Waals surface area contributed by atoms with Crippen molar-refractivity contribution >= 4 is 9.84 Å². The van der Waals surface area contributed by atoms with Crippen molar-refractivity contribution < 1.29 is 13.2 Å². The van der Waals surface area contributed by atoms with Crippen LogP contribution in [0.15, 0.2) is 0 Å². The van der Waals surface area contributed by atoms with Gasteiger partial charge in [0.05, 0.1) is 17.6 Å². The lowest BCUT2D eigenvalue weighted by molar-refractivity contribution is -0.0195. The second-order valence-corrected chi connectivity index (χ2v) is 10.3. The number of sulfone groups is 1. The number of hydrogen-bond acceptors (Lipinski definition) is 6. The van der Waals surface area contributed by atoms with Gasteiger partial charge in [0.15, 0.2) is 9.84 Å². The number of hydrogen-bond donors (Lipinski definition) is 1. The highest BCUT2D eigenvalue weighted by Crippen LogP contribution is 2.27. The number of ether oxygens (including phenoxy) is 1. The van der Waals surface area contributed by atoms with Gasteiger partial charge in [-0.2, -0.15) is 0 Å². The molecule has 3 heterocycles. The average molecular weight is 374 g/mol. The second kappa shape index (κ2) is 9.13. The lowest BCUT2D eigenvalue weighted by Crippen LogP contribution is -2.42. The quantitative estimate of drug-likeness (QED) is 0.716. The first-order valence-corrected chi connectivity index (χ1v) is 11.9. The summed E-state index contributed by atoms with van der Waals surface area (Å²) in [6.45, 7) is 8.86. The minimum atomic E-state index is -2.77. The minimum Gasteiger partial charge on any atom is -0.378 e. The zero-order valence-electron chi connectivity index (χ0n) is 15.7. The molecule has 1 N–H and O–H groups in total. The molecule has 25 heavy (non-hydrogen) atoms. The van der Waals surface area contributed by atoms with Gasteiger partial charge in [-0.25, -0.2) is 8.42 Å². The van der Waals surface area contributed by atoms with Gasteiger partial charge in [-0.05, 0) is 44.6 Å². The monoisotopic (exact) mass is 373 g/mol. The lowest BCUT2D eigenvalue weighted by atomic mass is 9.89. The fourth-order valence-electron chi connectivity index (χ4n) is 4.29. The van der Waals surface area contributed by atoms with Crippen LogP contribution in [0.25, 0.3) is 0 Å². The average Bonchev–Trinajstić information content (AvgIpc) is 3.08. The van der Waals surface area contributed by atoms with E-state index in [4.69, 9.17) is 4.74 Å². The summed E-state index contributed by atoms with van der Waals surface area (Å²) in [5, 5.41) is 3.62. The van der Waals surface area contributed by atoms with Crippen LogP contribution in [0, 0.1) is 5.92 Å². The SMILES string of the molecule is CCN1CNC(CCC2CCOC(CCN3CCS(=O)(=O)CC3)C2)C1. The van der Waals surface area contributed by atoms with Crippen molar-refractivity contribution in [3.63, 3.8) is 0 Å². The van der Waals surface area contributed by atoms with Crippen LogP contribution in [0.5, 0.6) is 0 Å². The van der Waals surface area contributed by atoms with E-state index in [0.29, 0.717) is 36.7 Å². The lowest BCUT2D eigenvalue weighted by Gasteiger charge is -2.33. The van der Waals surface area contributed by atoms with Gasteiger partial charge in [0.2, 0.25) is 0 Å². The summed E-state index contributed by atoms with van der Waals surface area (Å²) < 4.78 is 29.0. The van der Waals surface area contributed by atoms with E-state index in [1.807, 2.05) is 0 Å². The van der Waals surface area contributed by atoms with E-state index in [9.17, 15) is 8.42 Å². The largest absolute Gasteiger partial charge is 0.378 e. The summed E-state index contributed by atoms with van der Waals surface area (Å²) in [5.74, 6) is 1.44. The van der Waals surface area contributed by atoms with E-state index in [1.54, 1.807) is 0 Å². The molecule has 0 aromatic carbocycles. The van der Waals surface area contributed by atoms with Gasteiger partial charge in [-0.15, -0.1) is 0 Å². The third-order valence-electron chi connectivity index (χ3n) is 6.13. The van der Waals surface area contributed by atoms with Gasteiger partial charge in [-0.3, -0.25) is 4.90 Å². The van der Waals surface area contributed by atoms with E-state index in [1.165, 1.54) is 32.2 Å². The first kappa shape index (κ1) is 19.5. The van der Waals surface area contributed by atoms with Crippen molar-refractivity contribution in [3.05, 3.63) is 0 Å². The van der Waals surface area contributed by atoms with Crippen molar-refractivity contribution in [2.75, 3.05) is 57.5 Å². The van der Waals surface area contributed by atoms with Crippen molar-refractivity contribution in [2.45, 2.75) is 51.2 Å². The molecular weight excluding hydrogens is 338 g/mol. The maximum absolute atomic E-state index is 11.5. The molecule has 3 aliphatic rings. The smallest absolute Gasteiger partial charge is 0.152 e. The highest BCUT2D eigenvalue weighted by molar-refractivity contribution is 7.91. The standard InChI is InChI=1S/C18H35N3O3S/c1-2-20-14-17(19-15-20)4-3-16-6-10-24-18(13-16)5-7-21-8-11-25(22,23)12-9-21/h16-19H,2-15H2,1H3. The van der Waals surface area contributed by atoms with Crippen LogP contribution < -0.4 is 5.32 Å². The van der Waals surface area contributed by atoms with Crippen LogP contribution in [0.1, 0.15) is 39.0 Å². The predicted molar refractivity (Wildman–Crippen MR) is 100 cm³/mol. The molecule has 3 rings (SSSR count). The Kier molecular flexibility index (Phi) is 7.14. The highest BCUT2D eigenvalue weighted by Gasteiger charge is 2.27. The Bertz CT molecular complexity index is 500. The molecule has 3 fully saturated rings. The van der Waals surface area contributed by atoms with Crippen molar-refractivity contribution in [3.8, 4) is 0 Å². The molecule has 3 aliphatic heterocycles. The van der Waals surface area contributed by atoms with Crippen LogP contribution in [-0.4, -0.2) is 87.9 Å². The van der Waals surface area contributed by atoms with Gasteiger partial charge in [0, 0.05) is 45.5 Å². The molecule has 0 radical (unpaired) electrons. The Labute approximate surface area is 153 Å². The fourth-order valence-corrected chi connectivity index (χ4v) is 5.57. The van der Waals surface area contributed by atoms with Gasteiger partial charge in [0.25, 0.3) is 0 Å². The Morgan fingerprint density at radius 1 is 1.12 bits per heavy atom. The first-order valence-electron chi connectivity index (χ1n) is 10.0. The topological polar surface area (TPSA) is 61.9 Å². The molecule has 7 heteroatoms. The Morgan fingerprint density at radius 2 is 1.92 bits per heavy atom. The Balaban J connectivity index is 1.33. The predicted octanol–water partition coefficient (Wildman–Crippen LogP) is 0.934. The molecule has 0 amide bonds. The molecule has 6 nitrogen and oxygen atoms in total. The Morgan fingerprint density at radius 3 is 2.64 bits per heavy atom. The van der Waals surface area contributed by atoms with Crippen molar-refractivity contribution in [1.82, 2.24) is 15.1 Å². The van der Waals surface area contributed by atoms with Crippen LogP contribution in [0.2, 0.25) is 0 Å². The maximum Gasteiger partial charge on any atom is 0.152 e. The van der Waals surface area contributed by atoms with Crippen LogP contribution in [-0.2, 0) is 14.6 Å². The zero-order chi connectivity index (χ0) is 17.7. The normalized spacial score (nSPS) is 34.4. The van der Waals surface area contributed by atoms with Crippen LogP contribution in [0.4, 0.5) is 0 Å². The molecule has 3 unspecified atom stereocenters. The van der Waals surface area contributed by atoms with Gasteiger partial charge >= 0.3 is 0 Å². The first-order chi connectivity index (χ1) is 12.0.